The van der Waals surface area contributed by atoms with E-state index in [1.54, 1.807) is 0 Å². The molecule has 1 aromatic carbocycles. The third-order valence-corrected chi connectivity index (χ3v) is 6.41. The summed E-state index contributed by atoms with van der Waals surface area (Å²) in [6, 6.07) is 4.11. The number of carbonyl (C=O) groups is 1. The number of unbranched alkanes of at least 4 members (excludes halogenated alkanes) is 2. The predicted octanol–water partition coefficient (Wildman–Crippen LogP) is 5.90. The number of hydrogen-bond donors (Lipinski definition) is 1. The summed E-state index contributed by atoms with van der Waals surface area (Å²) in [5.74, 6) is 0.991. The van der Waals surface area contributed by atoms with Crippen LogP contribution in [0.3, 0.4) is 0 Å². The normalized spacial score (nSPS) is 19.3. The van der Waals surface area contributed by atoms with Crippen LogP contribution in [-0.2, 0) is 16.0 Å². The first-order valence-corrected chi connectivity index (χ1v) is 11.1. The first-order valence-electron chi connectivity index (χ1n) is 11.1. The molecule has 29 heavy (non-hydrogen) atoms. The first-order chi connectivity index (χ1) is 13.4. The molecule has 0 unspecified atom stereocenters. The van der Waals surface area contributed by atoms with Crippen molar-refractivity contribution in [1.29, 1.82) is 0 Å². The van der Waals surface area contributed by atoms with Gasteiger partial charge in [0.25, 0.3) is 0 Å². The van der Waals surface area contributed by atoms with E-state index in [0.717, 1.165) is 49.7 Å². The van der Waals surface area contributed by atoms with Gasteiger partial charge in [0.05, 0.1) is 0 Å². The van der Waals surface area contributed by atoms with Gasteiger partial charge < -0.3 is 9.84 Å². The van der Waals surface area contributed by atoms with Crippen molar-refractivity contribution in [3.05, 3.63) is 28.8 Å². The molecule has 1 fully saturated rings. The monoisotopic (exact) mass is 403 g/mol. The quantitative estimate of drug-likeness (QED) is 0.433. The van der Waals surface area contributed by atoms with E-state index < -0.39 is 0 Å². The van der Waals surface area contributed by atoms with Gasteiger partial charge in [-0.25, -0.2) is 0 Å². The largest absolute Gasteiger partial charge is 0.507 e. The Kier molecular flexibility index (Phi) is 7.78. The van der Waals surface area contributed by atoms with Crippen LogP contribution in [0.2, 0.25) is 0 Å². The maximum absolute atomic E-state index is 12.3. The lowest BCUT2D eigenvalue weighted by Gasteiger charge is -2.54. The van der Waals surface area contributed by atoms with Crippen molar-refractivity contribution < 1.29 is 14.6 Å². The number of esters is 1. The zero-order valence-electron chi connectivity index (χ0n) is 19.6. The Hall–Kier alpha value is -1.55. The van der Waals surface area contributed by atoms with Crippen molar-refractivity contribution in [1.82, 2.24) is 4.90 Å². The molecule has 0 aromatic heterocycles. The van der Waals surface area contributed by atoms with Gasteiger partial charge in [-0.3, -0.25) is 9.69 Å². The van der Waals surface area contributed by atoms with Crippen molar-refractivity contribution in [2.75, 3.05) is 6.73 Å². The van der Waals surface area contributed by atoms with Crippen LogP contribution in [0, 0.1) is 19.8 Å². The molecule has 0 spiro atoms. The molecule has 1 N–H and O–H groups in total. The second-order valence-electron chi connectivity index (χ2n) is 10.4. The maximum Gasteiger partial charge on any atom is 0.307 e. The van der Waals surface area contributed by atoms with Crippen LogP contribution in [0.25, 0.3) is 0 Å². The zero-order chi connectivity index (χ0) is 21.8. The molecule has 2 rings (SSSR count). The summed E-state index contributed by atoms with van der Waals surface area (Å²) in [6.07, 6.45) is 6.63. The molecule has 0 aliphatic carbocycles. The lowest BCUT2D eigenvalue weighted by molar-refractivity contribution is -0.162. The second kappa shape index (κ2) is 9.51. The number of likely N-dealkylation sites (tertiary alicyclic amines) is 1. The summed E-state index contributed by atoms with van der Waals surface area (Å²) >= 11 is 0. The van der Waals surface area contributed by atoms with Crippen molar-refractivity contribution in [3.8, 4) is 5.75 Å². The van der Waals surface area contributed by atoms with E-state index in [9.17, 15) is 9.90 Å². The van der Waals surface area contributed by atoms with Crippen molar-refractivity contribution in [2.45, 2.75) is 104 Å². The fraction of sp³-hybridized carbons (Fsp3) is 0.720. The zero-order valence-corrected chi connectivity index (χ0v) is 19.6. The van der Waals surface area contributed by atoms with E-state index >= 15 is 0 Å². The van der Waals surface area contributed by atoms with E-state index in [0.29, 0.717) is 24.8 Å². The van der Waals surface area contributed by atoms with E-state index in [-0.39, 0.29) is 17.0 Å². The number of phenols is 1. The topological polar surface area (TPSA) is 49.8 Å². The molecule has 1 aromatic rings. The summed E-state index contributed by atoms with van der Waals surface area (Å²) < 4.78 is 5.66. The van der Waals surface area contributed by atoms with Gasteiger partial charge in [0.1, 0.15) is 12.5 Å². The summed E-state index contributed by atoms with van der Waals surface area (Å²) in [6.45, 7) is 15.6. The highest BCUT2D eigenvalue weighted by Crippen LogP contribution is 2.40. The molecule has 0 amide bonds. The number of aromatic hydroxyl groups is 1. The van der Waals surface area contributed by atoms with Crippen LogP contribution in [0.15, 0.2) is 12.1 Å². The Morgan fingerprint density at radius 1 is 1.07 bits per heavy atom. The standard InChI is InChI=1S/C25H41NO3/c1-18-15-24(4,5)26(25(6,7)16-18)17-29-22(27)12-10-8-9-11-21-13-19(2)23(28)20(3)14-21/h13-14,18,28H,8-12,15-17H2,1-7H3. The predicted molar refractivity (Wildman–Crippen MR) is 119 cm³/mol. The van der Waals surface area contributed by atoms with Crippen LogP contribution in [-0.4, -0.2) is 33.8 Å². The number of aryl methyl sites for hydroxylation is 3. The average Bonchev–Trinajstić information content (AvgIpc) is 2.56. The van der Waals surface area contributed by atoms with Gasteiger partial charge in [0.15, 0.2) is 0 Å². The Morgan fingerprint density at radius 2 is 1.62 bits per heavy atom. The molecule has 1 heterocycles. The molecule has 0 bridgehead atoms. The minimum atomic E-state index is -0.0912. The fourth-order valence-corrected chi connectivity index (χ4v) is 5.34. The molecule has 0 atom stereocenters. The summed E-state index contributed by atoms with van der Waals surface area (Å²) in [5.41, 5.74) is 3.20. The van der Waals surface area contributed by atoms with Crippen LogP contribution >= 0.6 is 0 Å². The molecule has 164 valence electrons. The number of rotatable bonds is 8. The van der Waals surface area contributed by atoms with E-state index in [4.69, 9.17) is 4.74 Å². The number of nitrogens with zero attached hydrogens (tertiary/aromatic N) is 1. The van der Waals surface area contributed by atoms with Gasteiger partial charge in [-0.05, 0) is 96.3 Å². The number of ether oxygens (including phenoxy) is 1. The highest BCUT2D eigenvalue weighted by atomic mass is 16.5. The summed E-state index contributed by atoms with van der Waals surface area (Å²) in [7, 11) is 0. The SMILES string of the molecule is Cc1cc(CCCCCC(=O)OCN2C(C)(C)CC(C)CC2(C)C)cc(C)c1O. The molecule has 0 saturated carbocycles. The Labute approximate surface area is 177 Å². The maximum atomic E-state index is 12.3. The van der Waals surface area contributed by atoms with Gasteiger partial charge >= 0.3 is 5.97 Å². The minimum Gasteiger partial charge on any atom is -0.507 e. The minimum absolute atomic E-state index is 0.0435. The Balaban J connectivity index is 1.71. The number of hydrogen-bond acceptors (Lipinski definition) is 4. The molecule has 1 aliphatic heterocycles. The molecule has 0 radical (unpaired) electrons. The molecule has 1 saturated heterocycles. The van der Waals surface area contributed by atoms with Gasteiger partial charge in [-0.15, -0.1) is 0 Å². The third kappa shape index (κ3) is 6.47. The smallest absolute Gasteiger partial charge is 0.307 e. The van der Waals surface area contributed by atoms with Crippen molar-refractivity contribution in [2.24, 2.45) is 5.92 Å². The second-order valence-corrected chi connectivity index (χ2v) is 10.4. The lowest BCUT2D eigenvalue weighted by atomic mass is 9.75. The molecular weight excluding hydrogens is 362 g/mol. The lowest BCUT2D eigenvalue weighted by Crippen LogP contribution is -2.61. The molecule has 4 heteroatoms. The Morgan fingerprint density at radius 3 is 2.17 bits per heavy atom. The Bertz CT molecular complexity index is 667. The molecule has 4 nitrogen and oxygen atoms in total. The van der Waals surface area contributed by atoms with Gasteiger partial charge in [0.2, 0.25) is 0 Å². The van der Waals surface area contributed by atoms with Crippen molar-refractivity contribution in [3.63, 3.8) is 0 Å². The van der Waals surface area contributed by atoms with Crippen LogP contribution in [0.4, 0.5) is 0 Å². The third-order valence-electron chi connectivity index (χ3n) is 6.41. The van der Waals surface area contributed by atoms with Crippen molar-refractivity contribution >= 4 is 5.97 Å². The number of phenolic OH excluding ortho intramolecular Hbond substituents is 1. The van der Waals surface area contributed by atoms with E-state index in [1.165, 1.54) is 5.56 Å². The van der Waals surface area contributed by atoms with Gasteiger partial charge in [-0.2, -0.15) is 0 Å². The van der Waals surface area contributed by atoms with E-state index in [2.05, 4.69) is 51.7 Å². The van der Waals surface area contributed by atoms with Gasteiger partial charge in [-0.1, -0.05) is 25.5 Å². The van der Waals surface area contributed by atoms with Crippen LogP contribution < -0.4 is 0 Å². The average molecular weight is 404 g/mol. The molecular formula is C25H41NO3. The van der Waals surface area contributed by atoms with Crippen LogP contribution in [0.1, 0.15) is 89.8 Å². The number of benzene rings is 1. The summed E-state index contributed by atoms with van der Waals surface area (Å²) in [4.78, 5) is 14.6. The molecule has 1 aliphatic rings. The first kappa shape index (κ1) is 23.7. The number of carbonyl (C=O) groups excluding carboxylic acids is 1. The van der Waals surface area contributed by atoms with Crippen LogP contribution in [0.5, 0.6) is 5.75 Å². The fourth-order valence-electron chi connectivity index (χ4n) is 5.34. The van der Waals surface area contributed by atoms with Gasteiger partial charge in [0, 0.05) is 17.5 Å². The van der Waals surface area contributed by atoms with E-state index in [1.807, 2.05) is 13.8 Å². The number of piperidine rings is 1. The highest BCUT2D eigenvalue weighted by molar-refractivity contribution is 5.69. The highest BCUT2D eigenvalue weighted by Gasteiger charge is 2.44. The summed E-state index contributed by atoms with van der Waals surface area (Å²) in [5, 5.41) is 9.87.